The van der Waals surface area contributed by atoms with E-state index in [1.54, 1.807) is 36.0 Å². The maximum Gasteiger partial charge on any atom is 0.277 e. The zero-order valence-corrected chi connectivity index (χ0v) is 13.6. The molecule has 0 aliphatic carbocycles. The molecule has 126 valence electrons. The van der Waals surface area contributed by atoms with E-state index >= 15 is 0 Å². The Morgan fingerprint density at radius 1 is 1.12 bits per heavy atom. The molecule has 0 aliphatic heterocycles. The fraction of sp³-hybridized carbons (Fsp3) is 0.111. The number of carbonyl (C=O) groups excluding carboxylic acids is 2. The van der Waals surface area contributed by atoms with Crippen LogP contribution in [-0.4, -0.2) is 26.8 Å². The van der Waals surface area contributed by atoms with Gasteiger partial charge in [0, 0.05) is 11.3 Å². The number of amides is 2. The molecule has 0 spiro atoms. The SMILES string of the molecule is Cc1c(NC(=O)c2cn(Cc3ccccc3)nn2)cccc1C(N)=O. The Kier molecular flexibility index (Phi) is 4.56. The van der Waals surface area contributed by atoms with Crippen LogP contribution in [0.3, 0.4) is 0 Å². The Bertz CT molecular complexity index is 918. The fourth-order valence-corrected chi connectivity index (χ4v) is 2.47. The Labute approximate surface area is 144 Å². The van der Waals surface area contributed by atoms with Gasteiger partial charge in [0.15, 0.2) is 5.69 Å². The number of nitrogens with one attached hydrogen (secondary N) is 1. The number of hydrogen-bond donors (Lipinski definition) is 2. The van der Waals surface area contributed by atoms with E-state index in [4.69, 9.17) is 5.73 Å². The lowest BCUT2D eigenvalue weighted by Crippen LogP contribution is -2.17. The minimum Gasteiger partial charge on any atom is -0.366 e. The second kappa shape index (κ2) is 6.96. The predicted molar refractivity (Wildman–Crippen MR) is 93.2 cm³/mol. The predicted octanol–water partition coefficient (Wildman–Crippen LogP) is 1.99. The van der Waals surface area contributed by atoms with Gasteiger partial charge in [-0.3, -0.25) is 9.59 Å². The molecule has 25 heavy (non-hydrogen) atoms. The van der Waals surface area contributed by atoms with Crippen molar-refractivity contribution in [2.24, 2.45) is 5.73 Å². The van der Waals surface area contributed by atoms with Crippen molar-refractivity contribution in [3.05, 3.63) is 77.1 Å². The molecule has 2 amide bonds. The third-order valence-corrected chi connectivity index (χ3v) is 3.81. The Balaban J connectivity index is 1.74. The summed E-state index contributed by atoms with van der Waals surface area (Å²) in [5, 5.41) is 10.6. The first-order chi connectivity index (χ1) is 12.0. The van der Waals surface area contributed by atoms with Crippen LogP contribution in [0.15, 0.2) is 54.7 Å². The molecular formula is C18H17N5O2. The lowest BCUT2D eigenvalue weighted by molar-refractivity contribution is 0.0995. The monoisotopic (exact) mass is 335 g/mol. The summed E-state index contributed by atoms with van der Waals surface area (Å²) in [6.07, 6.45) is 1.58. The Hall–Kier alpha value is -3.48. The molecule has 2 aromatic carbocycles. The summed E-state index contributed by atoms with van der Waals surface area (Å²) in [4.78, 5) is 23.8. The number of primary amides is 1. The molecule has 0 aliphatic rings. The van der Waals surface area contributed by atoms with Gasteiger partial charge in [-0.1, -0.05) is 41.6 Å². The van der Waals surface area contributed by atoms with Crippen molar-refractivity contribution >= 4 is 17.5 Å². The van der Waals surface area contributed by atoms with Crippen LogP contribution in [0.4, 0.5) is 5.69 Å². The lowest BCUT2D eigenvalue weighted by Gasteiger charge is -2.09. The molecule has 3 N–H and O–H groups in total. The number of aromatic nitrogens is 3. The first kappa shape index (κ1) is 16.4. The van der Waals surface area contributed by atoms with E-state index < -0.39 is 11.8 Å². The van der Waals surface area contributed by atoms with Crippen LogP contribution >= 0.6 is 0 Å². The minimum atomic E-state index is -0.539. The number of hydrogen-bond acceptors (Lipinski definition) is 4. The number of nitrogens with zero attached hydrogens (tertiary/aromatic N) is 3. The Morgan fingerprint density at radius 2 is 1.88 bits per heavy atom. The maximum atomic E-state index is 12.4. The van der Waals surface area contributed by atoms with Gasteiger partial charge < -0.3 is 11.1 Å². The van der Waals surface area contributed by atoms with Crippen LogP contribution in [0.1, 0.15) is 32.0 Å². The van der Waals surface area contributed by atoms with Crippen molar-refractivity contribution in [1.82, 2.24) is 15.0 Å². The van der Waals surface area contributed by atoms with Crippen molar-refractivity contribution in [3.8, 4) is 0 Å². The normalized spacial score (nSPS) is 10.4. The number of carbonyl (C=O) groups is 2. The topological polar surface area (TPSA) is 103 Å². The van der Waals surface area contributed by atoms with Gasteiger partial charge in [-0.2, -0.15) is 0 Å². The lowest BCUT2D eigenvalue weighted by atomic mass is 10.1. The second-order valence-electron chi connectivity index (χ2n) is 5.58. The van der Waals surface area contributed by atoms with Gasteiger partial charge in [-0.15, -0.1) is 5.10 Å². The third kappa shape index (κ3) is 3.72. The standard InChI is InChI=1S/C18H17N5O2/c1-12-14(17(19)24)8-5-9-15(12)20-18(25)16-11-23(22-21-16)10-13-6-3-2-4-7-13/h2-9,11H,10H2,1H3,(H2,19,24)(H,20,25). The first-order valence-corrected chi connectivity index (χ1v) is 7.69. The molecule has 7 heteroatoms. The number of nitrogens with two attached hydrogens (primary N) is 1. The fourth-order valence-electron chi connectivity index (χ4n) is 2.47. The summed E-state index contributed by atoms with van der Waals surface area (Å²) in [6, 6.07) is 14.7. The molecule has 3 rings (SSSR count). The van der Waals surface area contributed by atoms with Gasteiger partial charge >= 0.3 is 0 Å². The Morgan fingerprint density at radius 3 is 2.60 bits per heavy atom. The summed E-state index contributed by atoms with van der Waals surface area (Å²) in [5.74, 6) is -0.938. The molecule has 0 fully saturated rings. The molecule has 0 saturated heterocycles. The van der Waals surface area contributed by atoms with Crippen molar-refractivity contribution < 1.29 is 9.59 Å². The number of rotatable bonds is 5. The quantitative estimate of drug-likeness (QED) is 0.744. The van der Waals surface area contributed by atoms with Gasteiger partial charge in [0.1, 0.15) is 0 Å². The summed E-state index contributed by atoms with van der Waals surface area (Å²) in [6.45, 7) is 2.25. The van der Waals surface area contributed by atoms with Crippen LogP contribution in [0.2, 0.25) is 0 Å². The third-order valence-electron chi connectivity index (χ3n) is 3.81. The summed E-state index contributed by atoms with van der Waals surface area (Å²) in [5.41, 5.74) is 8.07. The average Bonchev–Trinajstić information content (AvgIpc) is 3.06. The second-order valence-corrected chi connectivity index (χ2v) is 5.58. The molecule has 1 heterocycles. The minimum absolute atomic E-state index is 0.194. The van der Waals surface area contributed by atoms with E-state index in [1.165, 1.54) is 0 Å². The highest BCUT2D eigenvalue weighted by Crippen LogP contribution is 2.19. The number of benzene rings is 2. The van der Waals surface area contributed by atoms with Gasteiger partial charge in [0.2, 0.25) is 5.91 Å². The molecule has 0 saturated carbocycles. The van der Waals surface area contributed by atoms with Crippen LogP contribution in [-0.2, 0) is 6.54 Å². The molecule has 3 aromatic rings. The van der Waals surface area contributed by atoms with E-state index in [-0.39, 0.29) is 5.69 Å². The maximum absolute atomic E-state index is 12.4. The molecular weight excluding hydrogens is 318 g/mol. The molecule has 7 nitrogen and oxygen atoms in total. The van der Waals surface area contributed by atoms with Crippen LogP contribution in [0.5, 0.6) is 0 Å². The highest BCUT2D eigenvalue weighted by Gasteiger charge is 2.14. The molecule has 0 unspecified atom stereocenters. The highest BCUT2D eigenvalue weighted by molar-refractivity contribution is 6.04. The van der Waals surface area contributed by atoms with Gasteiger partial charge in [0.25, 0.3) is 5.91 Å². The van der Waals surface area contributed by atoms with Crippen molar-refractivity contribution in [2.45, 2.75) is 13.5 Å². The zero-order valence-electron chi connectivity index (χ0n) is 13.6. The average molecular weight is 335 g/mol. The van der Waals surface area contributed by atoms with Gasteiger partial charge in [-0.05, 0) is 30.2 Å². The molecule has 0 radical (unpaired) electrons. The van der Waals surface area contributed by atoms with Crippen molar-refractivity contribution in [3.63, 3.8) is 0 Å². The van der Waals surface area contributed by atoms with E-state index in [9.17, 15) is 9.59 Å². The molecule has 1 aromatic heterocycles. The van der Waals surface area contributed by atoms with E-state index in [0.29, 0.717) is 23.4 Å². The van der Waals surface area contributed by atoms with Crippen LogP contribution in [0, 0.1) is 6.92 Å². The van der Waals surface area contributed by atoms with Crippen LogP contribution < -0.4 is 11.1 Å². The zero-order chi connectivity index (χ0) is 17.8. The van der Waals surface area contributed by atoms with Gasteiger partial charge in [-0.25, -0.2) is 4.68 Å². The first-order valence-electron chi connectivity index (χ1n) is 7.69. The van der Waals surface area contributed by atoms with Crippen molar-refractivity contribution in [2.75, 3.05) is 5.32 Å². The highest BCUT2D eigenvalue weighted by atomic mass is 16.2. The summed E-state index contributed by atoms with van der Waals surface area (Å²) < 4.78 is 1.59. The number of anilines is 1. The van der Waals surface area contributed by atoms with Crippen LogP contribution in [0.25, 0.3) is 0 Å². The van der Waals surface area contributed by atoms with Gasteiger partial charge in [0.05, 0.1) is 12.7 Å². The van der Waals surface area contributed by atoms with Crippen molar-refractivity contribution in [1.29, 1.82) is 0 Å². The molecule has 0 bridgehead atoms. The smallest absolute Gasteiger partial charge is 0.277 e. The molecule has 0 atom stereocenters. The van der Waals surface area contributed by atoms with E-state index in [2.05, 4.69) is 15.6 Å². The van der Waals surface area contributed by atoms with E-state index in [0.717, 1.165) is 5.56 Å². The summed E-state index contributed by atoms with van der Waals surface area (Å²) >= 11 is 0. The summed E-state index contributed by atoms with van der Waals surface area (Å²) in [7, 11) is 0. The largest absolute Gasteiger partial charge is 0.366 e. The van der Waals surface area contributed by atoms with E-state index in [1.807, 2.05) is 30.3 Å².